The molecule has 5 heteroatoms. The summed E-state index contributed by atoms with van der Waals surface area (Å²) in [6.07, 6.45) is 0.416. The second-order valence-electron chi connectivity index (χ2n) is 3.19. The van der Waals surface area contributed by atoms with Gasteiger partial charge in [0, 0.05) is 13.2 Å². The molecule has 1 amide bonds. The van der Waals surface area contributed by atoms with Crippen LogP contribution < -0.4 is 5.32 Å². The predicted molar refractivity (Wildman–Crippen MR) is 51.0 cm³/mol. The van der Waals surface area contributed by atoms with Crippen molar-refractivity contribution in [2.75, 3.05) is 13.2 Å². The van der Waals surface area contributed by atoms with Crippen LogP contribution in [0.25, 0.3) is 0 Å². The van der Waals surface area contributed by atoms with Crippen LogP contribution in [-0.2, 0) is 14.3 Å². The molecule has 0 aromatic carbocycles. The van der Waals surface area contributed by atoms with Gasteiger partial charge in [0.2, 0.25) is 5.91 Å². The maximum absolute atomic E-state index is 10.8. The summed E-state index contributed by atoms with van der Waals surface area (Å²) in [4.78, 5) is 20.9. The number of hydrogen-bond donors (Lipinski definition) is 2. The Morgan fingerprint density at radius 2 is 2.07 bits per heavy atom. The van der Waals surface area contributed by atoms with Crippen molar-refractivity contribution in [2.45, 2.75) is 32.8 Å². The van der Waals surface area contributed by atoms with Gasteiger partial charge in [0.05, 0.1) is 6.10 Å². The maximum Gasteiger partial charge on any atom is 0.312 e. The average Bonchev–Trinajstić information content (AvgIpc) is 2.01. The first-order valence-electron chi connectivity index (χ1n) is 4.62. The molecule has 0 aliphatic heterocycles. The van der Waals surface area contributed by atoms with Gasteiger partial charge in [-0.05, 0) is 20.3 Å². The molecule has 0 saturated heterocycles. The summed E-state index contributed by atoms with van der Waals surface area (Å²) in [7, 11) is 0. The maximum atomic E-state index is 10.8. The zero-order valence-corrected chi connectivity index (χ0v) is 8.58. The van der Waals surface area contributed by atoms with E-state index in [0.717, 1.165) is 0 Å². The summed E-state index contributed by atoms with van der Waals surface area (Å²) in [5.74, 6) is -1.57. The fourth-order valence-electron chi connectivity index (χ4n) is 0.819. The Kier molecular flexibility index (Phi) is 6.74. The van der Waals surface area contributed by atoms with Gasteiger partial charge in [0.25, 0.3) is 0 Å². The molecule has 0 aromatic heterocycles. The summed E-state index contributed by atoms with van der Waals surface area (Å²) in [6, 6.07) is 0. The summed E-state index contributed by atoms with van der Waals surface area (Å²) in [5.41, 5.74) is 0. The molecular weight excluding hydrogens is 186 g/mol. The second-order valence-corrected chi connectivity index (χ2v) is 3.19. The van der Waals surface area contributed by atoms with Crippen molar-refractivity contribution in [3.63, 3.8) is 0 Å². The Bertz CT molecular complexity index is 191. The van der Waals surface area contributed by atoms with E-state index in [0.29, 0.717) is 19.6 Å². The third kappa shape index (κ3) is 8.99. The van der Waals surface area contributed by atoms with Crippen LogP contribution in [0.3, 0.4) is 0 Å². The predicted octanol–water partition coefficient (Wildman–Crippen LogP) is 0.392. The Hall–Kier alpha value is -1.10. The van der Waals surface area contributed by atoms with E-state index in [1.807, 2.05) is 13.8 Å². The van der Waals surface area contributed by atoms with E-state index in [4.69, 9.17) is 9.84 Å². The lowest BCUT2D eigenvalue weighted by atomic mass is 10.4. The SMILES string of the molecule is CC(C)OCCCNC(=O)CC(=O)O. The molecule has 0 aliphatic carbocycles. The van der Waals surface area contributed by atoms with Gasteiger partial charge in [-0.1, -0.05) is 0 Å². The molecule has 5 nitrogen and oxygen atoms in total. The van der Waals surface area contributed by atoms with Crippen LogP contribution in [0.5, 0.6) is 0 Å². The molecule has 0 rings (SSSR count). The molecule has 82 valence electrons. The molecule has 0 fully saturated rings. The Balaban J connectivity index is 3.27. The first-order chi connectivity index (χ1) is 6.52. The molecule has 0 aliphatic rings. The standard InChI is InChI=1S/C9H17NO4/c1-7(2)14-5-3-4-10-8(11)6-9(12)13/h7H,3-6H2,1-2H3,(H,10,11)(H,12,13). The van der Waals surface area contributed by atoms with Gasteiger partial charge < -0.3 is 15.2 Å². The van der Waals surface area contributed by atoms with E-state index in [-0.39, 0.29) is 6.10 Å². The van der Waals surface area contributed by atoms with Gasteiger partial charge in [-0.2, -0.15) is 0 Å². The van der Waals surface area contributed by atoms with Crippen LogP contribution in [0, 0.1) is 0 Å². The van der Waals surface area contributed by atoms with Crippen molar-refractivity contribution in [3.05, 3.63) is 0 Å². The van der Waals surface area contributed by atoms with Crippen LogP contribution >= 0.6 is 0 Å². The van der Waals surface area contributed by atoms with Crippen molar-refractivity contribution in [2.24, 2.45) is 0 Å². The molecule has 0 radical (unpaired) electrons. The van der Waals surface area contributed by atoms with Gasteiger partial charge in [0.15, 0.2) is 0 Å². The number of carboxylic acids is 1. The number of hydrogen-bond acceptors (Lipinski definition) is 3. The number of amides is 1. The van der Waals surface area contributed by atoms with Gasteiger partial charge >= 0.3 is 5.97 Å². The third-order valence-corrected chi connectivity index (χ3v) is 1.41. The summed E-state index contributed by atoms with van der Waals surface area (Å²) < 4.78 is 5.24. The van der Waals surface area contributed by atoms with Gasteiger partial charge in [-0.3, -0.25) is 9.59 Å². The normalized spacial score (nSPS) is 10.2. The average molecular weight is 203 g/mol. The van der Waals surface area contributed by atoms with Crippen molar-refractivity contribution in [1.29, 1.82) is 0 Å². The largest absolute Gasteiger partial charge is 0.481 e. The fourth-order valence-corrected chi connectivity index (χ4v) is 0.819. The molecule has 2 N–H and O–H groups in total. The van der Waals surface area contributed by atoms with Gasteiger partial charge in [0.1, 0.15) is 6.42 Å². The van der Waals surface area contributed by atoms with E-state index in [1.165, 1.54) is 0 Å². The van der Waals surface area contributed by atoms with Crippen LogP contribution in [-0.4, -0.2) is 36.2 Å². The van der Waals surface area contributed by atoms with Crippen LogP contribution in [0.15, 0.2) is 0 Å². The Labute approximate surface area is 83.4 Å². The van der Waals surface area contributed by atoms with E-state index < -0.39 is 18.3 Å². The molecule has 0 unspecified atom stereocenters. The third-order valence-electron chi connectivity index (χ3n) is 1.41. The number of carbonyl (C=O) groups is 2. The zero-order valence-electron chi connectivity index (χ0n) is 8.58. The van der Waals surface area contributed by atoms with Crippen LogP contribution in [0.1, 0.15) is 26.7 Å². The lowest BCUT2D eigenvalue weighted by Gasteiger charge is -2.07. The number of carbonyl (C=O) groups excluding carboxylic acids is 1. The first-order valence-corrected chi connectivity index (χ1v) is 4.62. The smallest absolute Gasteiger partial charge is 0.312 e. The lowest BCUT2D eigenvalue weighted by molar-refractivity contribution is -0.140. The number of rotatable bonds is 7. The molecule has 0 bridgehead atoms. The molecule has 0 spiro atoms. The summed E-state index contributed by atoms with van der Waals surface area (Å²) in [6.45, 7) is 4.90. The summed E-state index contributed by atoms with van der Waals surface area (Å²) >= 11 is 0. The number of ether oxygens (including phenoxy) is 1. The minimum atomic E-state index is -1.11. The topological polar surface area (TPSA) is 75.6 Å². The van der Waals surface area contributed by atoms with E-state index in [9.17, 15) is 9.59 Å². The highest BCUT2D eigenvalue weighted by Gasteiger charge is 2.05. The lowest BCUT2D eigenvalue weighted by Crippen LogP contribution is -2.27. The van der Waals surface area contributed by atoms with E-state index >= 15 is 0 Å². The van der Waals surface area contributed by atoms with Crippen molar-refractivity contribution >= 4 is 11.9 Å². The molecule has 0 saturated carbocycles. The van der Waals surface area contributed by atoms with E-state index in [2.05, 4.69) is 5.32 Å². The van der Waals surface area contributed by atoms with Crippen molar-refractivity contribution in [3.8, 4) is 0 Å². The summed E-state index contributed by atoms with van der Waals surface area (Å²) in [5, 5.41) is 10.8. The Morgan fingerprint density at radius 1 is 1.43 bits per heavy atom. The quantitative estimate of drug-likeness (QED) is 0.463. The molecule has 0 atom stereocenters. The van der Waals surface area contributed by atoms with Gasteiger partial charge in [-0.25, -0.2) is 0 Å². The zero-order chi connectivity index (χ0) is 11.0. The number of nitrogens with one attached hydrogen (secondary N) is 1. The highest BCUT2D eigenvalue weighted by Crippen LogP contribution is 1.89. The second kappa shape index (κ2) is 7.32. The monoisotopic (exact) mass is 203 g/mol. The van der Waals surface area contributed by atoms with Crippen LogP contribution in [0.2, 0.25) is 0 Å². The van der Waals surface area contributed by atoms with Crippen molar-refractivity contribution < 1.29 is 19.4 Å². The first kappa shape index (κ1) is 12.9. The van der Waals surface area contributed by atoms with Crippen molar-refractivity contribution in [1.82, 2.24) is 5.32 Å². The molecule has 0 aromatic rings. The highest BCUT2D eigenvalue weighted by atomic mass is 16.5. The number of aliphatic carboxylic acids is 1. The number of carboxylic acid groups (broad SMARTS) is 1. The van der Waals surface area contributed by atoms with Gasteiger partial charge in [-0.15, -0.1) is 0 Å². The molecule has 14 heavy (non-hydrogen) atoms. The minimum absolute atomic E-state index is 0.185. The minimum Gasteiger partial charge on any atom is -0.481 e. The fraction of sp³-hybridized carbons (Fsp3) is 0.778. The highest BCUT2D eigenvalue weighted by molar-refractivity contribution is 5.93. The van der Waals surface area contributed by atoms with Crippen LogP contribution in [0.4, 0.5) is 0 Å². The molecular formula is C9H17NO4. The van der Waals surface area contributed by atoms with E-state index in [1.54, 1.807) is 0 Å². The Morgan fingerprint density at radius 3 is 2.57 bits per heavy atom. The molecule has 0 heterocycles.